The molecule has 2 aromatic heterocycles. The van der Waals surface area contributed by atoms with Gasteiger partial charge < -0.3 is 20.1 Å². The average molecular weight is 434 g/mol. The fourth-order valence-electron chi connectivity index (χ4n) is 2.77. The van der Waals surface area contributed by atoms with Gasteiger partial charge in [0.15, 0.2) is 5.69 Å². The summed E-state index contributed by atoms with van der Waals surface area (Å²) < 4.78 is 43.4. The molecule has 0 radical (unpaired) electrons. The molecule has 31 heavy (non-hydrogen) atoms. The van der Waals surface area contributed by atoms with Gasteiger partial charge in [-0.25, -0.2) is 4.98 Å². The normalized spacial score (nSPS) is 11.2. The van der Waals surface area contributed by atoms with E-state index in [1.54, 1.807) is 12.3 Å². The SMILES string of the molecule is COc1cnccc1CCNC(=O)c1nc(-c2ccc(C(F)(F)F)cc2)[nH]c(=O)c1O. The molecule has 0 aliphatic heterocycles. The summed E-state index contributed by atoms with van der Waals surface area (Å²) in [6, 6.07) is 5.58. The van der Waals surface area contributed by atoms with Crippen molar-refractivity contribution in [2.45, 2.75) is 12.6 Å². The third-order valence-corrected chi connectivity index (χ3v) is 4.37. The van der Waals surface area contributed by atoms with E-state index in [4.69, 9.17) is 4.74 Å². The van der Waals surface area contributed by atoms with Crippen LogP contribution in [0, 0.1) is 0 Å². The van der Waals surface area contributed by atoms with Gasteiger partial charge in [0.2, 0.25) is 5.75 Å². The van der Waals surface area contributed by atoms with Crippen LogP contribution in [0.1, 0.15) is 21.6 Å². The van der Waals surface area contributed by atoms with Crippen molar-refractivity contribution in [1.29, 1.82) is 0 Å². The zero-order valence-electron chi connectivity index (χ0n) is 16.2. The van der Waals surface area contributed by atoms with Crippen LogP contribution in [-0.4, -0.2) is 39.6 Å². The molecule has 0 atom stereocenters. The second-order valence-electron chi connectivity index (χ2n) is 6.38. The number of alkyl halides is 3. The summed E-state index contributed by atoms with van der Waals surface area (Å²) in [6.45, 7) is 0.142. The first-order valence-corrected chi connectivity index (χ1v) is 8.96. The zero-order chi connectivity index (χ0) is 22.6. The Balaban J connectivity index is 1.79. The van der Waals surface area contributed by atoms with E-state index < -0.39 is 34.6 Å². The number of hydrogen-bond acceptors (Lipinski definition) is 6. The molecule has 1 amide bonds. The number of carbonyl (C=O) groups is 1. The Labute approximate surface area is 173 Å². The fourth-order valence-corrected chi connectivity index (χ4v) is 2.77. The van der Waals surface area contributed by atoms with Crippen molar-refractivity contribution >= 4 is 5.91 Å². The van der Waals surface area contributed by atoms with Gasteiger partial charge in [-0.3, -0.25) is 14.6 Å². The van der Waals surface area contributed by atoms with Crippen molar-refractivity contribution < 1.29 is 27.8 Å². The van der Waals surface area contributed by atoms with Crippen molar-refractivity contribution in [2.75, 3.05) is 13.7 Å². The van der Waals surface area contributed by atoms with Crippen molar-refractivity contribution in [2.24, 2.45) is 0 Å². The van der Waals surface area contributed by atoms with Gasteiger partial charge in [-0.15, -0.1) is 0 Å². The minimum absolute atomic E-state index is 0.140. The van der Waals surface area contributed by atoms with Crippen LogP contribution in [0.5, 0.6) is 11.5 Å². The Morgan fingerprint density at radius 2 is 1.94 bits per heavy atom. The predicted octanol–water partition coefficient (Wildman–Crippen LogP) is 2.54. The summed E-state index contributed by atoms with van der Waals surface area (Å²) in [5.41, 5.74) is -1.49. The number of nitrogens with one attached hydrogen (secondary N) is 2. The number of amides is 1. The molecule has 0 aliphatic carbocycles. The number of ether oxygens (including phenoxy) is 1. The Hall–Kier alpha value is -3.89. The average Bonchev–Trinajstić information content (AvgIpc) is 2.75. The van der Waals surface area contributed by atoms with E-state index >= 15 is 0 Å². The molecule has 0 saturated carbocycles. The molecule has 1 aromatic carbocycles. The van der Waals surface area contributed by atoms with Crippen LogP contribution in [0.2, 0.25) is 0 Å². The maximum atomic E-state index is 12.7. The first-order chi connectivity index (χ1) is 14.7. The van der Waals surface area contributed by atoms with Crippen LogP contribution in [0.3, 0.4) is 0 Å². The molecule has 8 nitrogen and oxygen atoms in total. The Bertz CT molecular complexity index is 1140. The van der Waals surface area contributed by atoms with Gasteiger partial charge in [-0.2, -0.15) is 13.2 Å². The monoisotopic (exact) mass is 434 g/mol. The number of rotatable bonds is 6. The highest BCUT2D eigenvalue weighted by Crippen LogP contribution is 2.30. The second-order valence-corrected chi connectivity index (χ2v) is 6.38. The van der Waals surface area contributed by atoms with Crippen molar-refractivity contribution in [3.63, 3.8) is 0 Å². The third-order valence-electron chi connectivity index (χ3n) is 4.37. The first-order valence-electron chi connectivity index (χ1n) is 8.96. The molecule has 3 N–H and O–H groups in total. The number of aromatic nitrogens is 3. The number of aromatic hydroxyl groups is 1. The van der Waals surface area contributed by atoms with E-state index in [1.165, 1.54) is 13.3 Å². The number of H-pyrrole nitrogens is 1. The van der Waals surface area contributed by atoms with Crippen LogP contribution in [-0.2, 0) is 12.6 Å². The molecule has 0 spiro atoms. The van der Waals surface area contributed by atoms with E-state index in [9.17, 15) is 27.9 Å². The zero-order valence-corrected chi connectivity index (χ0v) is 16.2. The lowest BCUT2D eigenvalue weighted by molar-refractivity contribution is -0.137. The number of pyridine rings is 1. The molecule has 0 bridgehead atoms. The lowest BCUT2D eigenvalue weighted by atomic mass is 10.1. The molecule has 0 aliphatic rings. The van der Waals surface area contributed by atoms with Crippen LogP contribution in [0.15, 0.2) is 47.5 Å². The predicted molar refractivity (Wildman–Crippen MR) is 104 cm³/mol. The quantitative estimate of drug-likeness (QED) is 0.549. The highest BCUT2D eigenvalue weighted by Gasteiger charge is 2.30. The highest BCUT2D eigenvalue weighted by atomic mass is 19.4. The minimum Gasteiger partial charge on any atom is -0.501 e. The maximum Gasteiger partial charge on any atom is 0.416 e. The second kappa shape index (κ2) is 8.86. The highest BCUT2D eigenvalue weighted by molar-refractivity contribution is 5.95. The van der Waals surface area contributed by atoms with Crippen LogP contribution in [0.4, 0.5) is 13.2 Å². The molecule has 3 aromatic rings. The molecule has 3 rings (SSSR count). The molecule has 162 valence electrons. The number of benzene rings is 1. The van der Waals surface area contributed by atoms with E-state index in [0.29, 0.717) is 12.2 Å². The topological polar surface area (TPSA) is 117 Å². The third kappa shape index (κ3) is 5.00. The molecular formula is C20H17F3N4O4. The number of nitrogens with zero attached hydrogens (tertiary/aromatic N) is 2. The summed E-state index contributed by atoms with van der Waals surface area (Å²) in [5.74, 6) is -1.32. The van der Waals surface area contributed by atoms with E-state index in [-0.39, 0.29) is 17.9 Å². The number of hydrogen-bond donors (Lipinski definition) is 3. The van der Waals surface area contributed by atoms with Gasteiger partial charge in [-0.05, 0) is 30.2 Å². The van der Waals surface area contributed by atoms with Gasteiger partial charge in [0.05, 0.1) is 18.9 Å². The molecule has 2 heterocycles. The Morgan fingerprint density at radius 3 is 2.58 bits per heavy atom. The van der Waals surface area contributed by atoms with Crippen molar-refractivity contribution in [3.05, 3.63) is 69.9 Å². The van der Waals surface area contributed by atoms with E-state index in [0.717, 1.165) is 29.8 Å². The molecule has 0 unspecified atom stereocenters. The summed E-state index contributed by atoms with van der Waals surface area (Å²) in [5, 5.41) is 12.5. The largest absolute Gasteiger partial charge is 0.501 e. The molecule has 0 saturated heterocycles. The van der Waals surface area contributed by atoms with Crippen molar-refractivity contribution in [1.82, 2.24) is 20.3 Å². The fraction of sp³-hybridized carbons (Fsp3) is 0.200. The van der Waals surface area contributed by atoms with Crippen LogP contribution < -0.4 is 15.6 Å². The van der Waals surface area contributed by atoms with Gasteiger partial charge >= 0.3 is 6.18 Å². The van der Waals surface area contributed by atoms with E-state index in [2.05, 4.69) is 20.3 Å². The Kier molecular flexibility index (Phi) is 6.23. The Morgan fingerprint density at radius 1 is 1.23 bits per heavy atom. The number of aromatic amines is 1. The minimum atomic E-state index is -4.52. The standard InChI is InChI=1S/C20H17F3N4O4/c1-31-14-10-24-8-6-11(14)7-9-25-18(29)15-16(28)19(30)27-17(26-15)12-2-4-13(5-3-12)20(21,22)23/h2-6,8,10,28H,7,9H2,1H3,(H,25,29)(H,26,27,30). The van der Waals surface area contributed by atoms with Crippen LogP contribution in [0.25, 0.3) is 11.4 Å². The summed E-state index contributed by atoms with van der Waals surface area (Å²) >= 11 is 0. The maximum absolute atomic E-state index is 12.7. The van der Waals surface area contributed by atoms with Crippen molar-refractivity contribution in [3.8, 4) is 22.9 Å². The lowest BCUT2D eigenvalue weighted by Gasteiger charge is -2.10. The number of methoxy groups -OCH3 is 1. The summed E-state index contributed by atoms with van der Waals surface area (Å²) in [7, 11) is 1.49. The molecule has 11 heteroatoms. The van der Waals surface area contributed by atoms with Gasteiger partial charge in [-0.1, -0.05) is 12.1 Å². The van der Waals surface area contributed by atoms with Gasteiger partial charge in [0.1, 0.15) is 11.6 Å². The lowest BCUT2D eigenvalue weighted by Crippen LogP contribution is -2.28. The first kappa shape index (κ1) is 21.8. The van der Waals surface area contributed by atoms with Gasteiger partial charge in [0.25, 0.3) is 11.5 Å². The summed E-state index contributed by atoms with van der Waals surface area (Å²) in [6.07, 6.45) is -1.04. The smallest absolute Gasteiger partial charge is 0.416 e. The summed E-state index contributed by atoms with van der Waals surface area (Å²) in [4.78, 5) is 34.6. The van der Waals surface area contributed by atoms with E-state index in [1.807, 2.05) is 0 Å². The van der Waals surface area contributed by atoms with Gasteiger partial charge in [0, 0.05) is 18.3 Å². The number of halogens is 3. The van der Waals surface area contributed by atoms with Crippen LogP contribution >= 0.6 is 0 Å². The molecular weight excluding hydrogens is 417 g/mol. The molecule has 0 fully saturated rings. The number of carbonyl (C=O) groups excluding carboxylic acids is 1.